The highest BCUT2D eigenvalue weighted by molar-refractivity contribution is 6.42. The average molecular weight is 377 g/mol. The normalized spacial score (nSPS) is 19.0. The third-order valence-corrected chi connectivity index (χ3v) is 5.52. The van der Waals surface area contributed by atoms with Crippen molar-refractivity contribution < 1.29 is 9.59 Å². The Labute approximate surface area is 156 Å². The minimum absolute atomic E-state index is 0.0140. The van der Waals surface area contributed by atoms with Crippen LogP contribution in [0.5, 0.6) is 0 Å². The summed E-state index contributed by atoms with van der Waals surface area (Å²) < 4.78 is 0. The van der Waals surface area contributed by atoms with E-state index >= 15 is 0 Å². The zero-order valence-corrected chi connectivity index (χ0v) is 15.2. The molecular formula is C19H18Cl2N2O2. The van der Waals surface area contributed by atoms with E-state index in [1.807, 2.05) is 36.4 Å². The van der Waals surface area contributed by atoms with Gasteiger partial charge >= 0.3 is 0 Å². The van der Waals surface area contributed by atoms with E-state index in [4.69, 9.17) is 23.2 Å². The summed E-state index contributed by atoms with van der Waals surface area (Å²) in [5, 5.41) is 3.75. The number of carbonyl (C=O) groups excluding carboxylic acids is 2. The lowest BCUT2D eigenvalue weighted by Gasteiger charge is -2.36. The molecule has 130 valence electrons. The van der Waals surface area contributed by atoms with Crippen molar-refractivity contribution in [3.63, 3.8) is 0 Å². The molecule has 3 rings (SSSR count). The number of rotatable bonds is 5. The topological polar surface area (TPSA) is 49.4 Å². The van der Waals surface area contributed by atoms with Crippen LogP contribution in [-0.4, -0.2) is 24.8 Å². The van der Waals surface area contributed by atoms with E-state index in [0.29, 0.717) is 22.1 Å². The van der Waals surface area contributed by atoms with Gasteiger partial charge in [-0.1, -0.05) is 35.3 Å². The van der Waals surface area contributed by atoms with Crippen LogP contribution < -0.4 is 5.32 Å². The van der Waals surface area contributed by atoms with Gasteiger partial charge in [-0.15, -0.1) is 0 Å². The standard InChI is InChI=1S/C19H18Cl2N2O2/c1-23(11-25)19-7-5-14(12-2-6-17(20)18(21)8-12)15-4-3-13(22-10-24)9-16(15)19/h2-4,6,8-11,14,19H,5,7H2,1H3,(H,22,24). The molecule has 2 atom stereocenters. The van der Waals surface area contributed by atoms with Gasteiger partial charge in [-0.05, 0) is 53.8 Å². The summed E-state index contributed by atoms with van der Waals surface area (Å²) >= 11 is 12.2. The lowest BCUT2D eigenvalue weighted by molar-refractivity contribution is -0.119. The van der Waals surface area contributed by atoms with E-state index in [0.717, 1.165) is 35.9 Å². The van der Waals surface area contributed by atoms with Gasteiger partial charge in [-0.3, -0.25) is 9.59 Å². The fourth-order valence-corrected chi connectivity index (χ4v) is 3.85. The molecule has 1 aliphatic carbocycles. The van der Waals surface area contributed by atoms with E-state index in [2.05, 4.69) is 5.32 Å². The van der Waals surface area contributed by atoms with Gasteiger partial charge in [0.1, 0.15) is 0 Å². The predicted molar refractivity (Wildman–Crippen MR) is 100 cm³/mol. The first-order valence-corrected chi connectivity index (χ1v) is 8.77. The van der Waals surface area contributed by atoms with E-state index in [-0.39, 0.29) is 12.0 Å². The fraction of sp³-hybridized carbons (Fsp3) is 0.263. The first-order chi connectivity index (χ1) is 12.0. The summed E-state index contributed by atoms with van der Waals surface area (Å²) in [6.45, 7) is 0. The predicted octanol–water partition coefficient (Wildman–Crippen LogP) is 4.62. The van der Waals surface area contributed by atoms with Crippen LogP contribution in [0.2, 0.25) is 10.0 Å². The highest BCUT2D eigenvalue weighted by Gasteiger charge is 2.30. The number of carbonyl (C=O) groups is 2. The Balaban J connectivity index is 2.07. The minimum Gasteiger partial charge on any atom is -0.341 e. The number of halogens is 2. The molecule has 4 nitrogen and oxygen atoms in total. The Kier molecular flexibility index (Phi) is 5.30. The molecule has 2 aromatic rings. The number of hydrogen-bond acceptors (Lipinski definition) is 2. The van der Waals surface area contributed by atoms with Gasteiger partial charge < -0.3 is 10.2 Å². The summed E-state index contributed by atoms with van der Waals surface area (Å²) in [7, 11) is 1.78. The molecule has 2 aromatic carbocycles. The Bertz CT molecular complexity index is 810. The smallest absolute Gasteiger partial charge is 0.211 e. The SMILES string of the molecule is CN(C=O)C1CCC(c2ccc(Cl)c(Cl)c2)c2ccc(NC=O)cc21. The number of benzene rings is 2. The lowest BCUT2D eigenvalue weighted by Crippen LogP contribution is -2.28. The van der Waals surface area contributed by atoms with Gasteiger partial charge in [-0.2, -0.15) is 0 Å². The summed E-state index contributed by atoms with van der Waals surface area (Å²) in [6.07, 6.45) is 3.22. The molecule has 2 unspecified atom stereocenters. The Morgan fingerprint density at radius 2 is 1.84 bits per heavy atom. The zero-order chi connectivity index (χ0) is 18.0. The molecule has 0 radical (unpaired) electrons. The summed E-state index contributed by atoms with van der Waals surface area (Å²) in [5.74, 6) is 0.173. The number of nitrogens with one attached hydrogen (secondary N) is 1. The highest BCUT2D eigenvalue weighted by atomic mass is 35.5. The van der Waals surface area contributed by atoms with Crippen LogP contribution in [0.25, 0.3) is 0 Å². The molecule has 0 aromatic heterocycles. The van der Waals surface area contributed by atoms with E-state index < -0.39 is 0 Å². The minimum atomic E-state index is -0.0140. The number of fused-ring (bicyclic) bond motifs is 1. The van der Waals surface area contributed by atoms with Gasteiger partial charge in [0, 0.05) is 18.7 Å². The second-order valence-corrected chi connectivity index (χ2v) is 7.01. The monoisotopic (exact) mass is 376 g/mol. The first-order valence-electron chi connectivity index (χ1n) is 8.01. The van der Waals surface area contributed by atoms with Crippen molar-refractivity contribution in [1.29, 1.82) is 0 Å². The van der Waals surface area contributed by atoms with Crippen molar-refractivity contribution >= 4 is 41.7 Å². The van der Waals surface area contributed by atoms with Crippen molar-refractivity contribution in [2.75, 3.05) is 12.4 Å². The summed E-state index contributed by atoms with van der Waals surface area (Å²) in [5.41, 5.74) is 4.00. The van der Waals surface area contributed by atoms with Gasteiger partial charge in [-0.25, -0.2) is 0 Å². The Hall–Kier alpha value is -2.04. The maximum Gasteiger partial charge on any atom is 0.211 e. The van der Waals surface area contributed by atoms with E-state index in [9.17, 15) is 9.59 Å². The molecule has 0 aliphatic heterocycles. The van der Waals surface area contributed by atoms with Crippen LogP contribution in [0.3, 0.4) is 0 Å². The molecule has 1 aliphatic rings. The third kappa shape index (κ3) is 3.51. The van der Waals surface area contributed by atoms with Gasteiger partial charge in [0.25, 0.3) is 0 Å². The molecule has 2 amide bonds. The van der Waals surface area contributed by atoms with Crippen LogP contribution >= 0.6 is 23.2 Å². The molecule has 0 bridgehead atoms. The number of nitrogens with zero attached hydrogens (tertiary/aromatic N) is 1. The Morgan fingerprint density at radius 3 is 2.52 bits per heavy atom. The maximum absolute atomic E-state index is 11.3. The van der Waals surface area contributed by atoms with Crippen LogP contribution in [0.4, 0.5) is 5.69 Å². The molecular weight excluding hydrogens is 359 g/mol. The quantitative estimate of drug-likeness (QED) is 0.774. The van der Waals surface area contributed by atoms with Gasteiger partial charge in [0.2, 0.25) is 12.8 Å². The average Bonchev–Trinajstić information content (AvgIpc) is 2.62. The van der Waals surface area contributed by atoms with Crippen molar-refractivity contribution in [1.82, 2.24) is 4.90 Å². The molecule has 1 N–H and O–H groups in total. The molecule has 0 spiro atoms. The summed E-state index contributed by atoms with van der Waals surface area (Å²) in [6, 6.07) is 11.5. The molecule has 0 heterocycles. The van der Waals surface area contributed by atoms with E-state index in [1.165, 1.54) is 0 Å². The third-order valence-electron chi connectivity index (χ3n) is 4.78. The van der Waals surface area contributed by atoms with Gasteiger partial charge in [0.05, 0.1) is 16.1 Å². The van der Waals surface area contributed by atoms with Crippen LogP contribution in [-0.2, 0) is 9.59 Å². The number of amides is 2. The maximum atomic E-state index is 11.3. The van der Waals surface area contributed by atoms with Crippen LogP contribution in [0.1, 0.15) is 41.5 Å². The lowest BCUT2D eigenvalue weighted by atomic mass is 9.76. The summed E-state index contributed by atoms with van der Waals surface area (Å²) in [4.78, 5) is 23.7. The Morgan fingerprint density at radius 1 is 1.04 bits per heavy atom. The largest absolute Gasteiger partial charge is 0.341 e. The molecule has 0 fully saturated rings. The first kappa shape index (κ1) is 17.8. The highest BCUT2D eigenvalue weighted by Crippen LogP contribution is 2.44. The fourth-order valence-electron chi connectivity index (χ4n) is 3.55. The number of anilines is 1. The van der Waals surface area contributed by atoms with Crippen molar-refractivity contribution in [3.8, 4) is 0 Å². The van der Waals surface area contributed by atoms with Crippen molar-refractivity contribution in [3.05, 3.63) is 63.1 Å². The zero-order valence-electron chi connectivity index (χ0n) is 13.7. The van der Waals surface area contributed by atoms with Crippen molar-refractivity contribution in [2.45, 2.75) is 24.8 Å². The van der Waals surface area contributed by atoms with Crippen molar-refractivity contribution in [2.24, 2.45) is 0 Å². The van der Waals surface area contributed by atoms with Crippen LogP contribution in [0.15, 0.2) is 36.4 Å². The van der Waals surface area contributed by atoms with E-state index in [1.54, 1.807) is 11.9 Å². The molecule has 0 saturated heterocycles. The molecule has 0 saturated carbocycles. The van der Waals surface area contributed by atoms with Gasteiger partial charge in [0.15, 0.2) is 0 Å². The molecule has 25 heavy (non-hydrogen) atoms. The molecule has 6 heteroatoms. The van der Waals surface area contributed by atoms with Crippen LogP contribution in [0, 0.1) is 0 Å². The second-order valence-electron chi connectivity index (χ2n) is 6.20. The second kappa shape index (κ2) is 7.46. The number of hydrogen-bond donors (Lipinski definition) is 1.